The lowest BCUT2D eigenvalue weighted by Crippen LogP contribution is -2.32. The van der Waals surface area contributed by atoms with Crippen molar-refractivity contribution in [1.82, 2.24) is 4.90 Å². The van der Waals surface area contributed by atoms with Gasteiger partial charge in [0.1, 0.15) is 0 Å². The molecule has 0 bridgehead atoms. The maximum atomic E-state index is 9.46. The van der Waals surface area contributed by atoms with Crippen LogP contribution in [0, 0.1) is 0 Å². The Morgan fingerprint density at radius 1 is 1.47 bits per heavy atom. The molecule has 1 rings (SSSR count). The number of methoxy groups -OCH3 is 1. The monoisotopic (exact) mass is 260 g/mol. The molecule has 1 aromatic carbocycles. The smallest absolute Gasteiger partial charge is 0.160 e. The molecule has 0 fully saturated rings. The molecule has 17 heavy (non-hydrogen) atoms. The number of halogens is 1. The highest BCUT2D eigenvalue weighted by molar-refractivity contribution is 5.85. The summed E-state index contributed by atoms with van der Waals surface area (Å²) in [5.41, 5.74) is 6.82. The number of phenolic OH excluding ortho intramolecular Hbond substituents is 1. The zero-order valence-corrected chi connectivity index (χ0v) is 11.3. The molecular weight excluding hydrogens is 240 g/mol. The van der Waals surface area contributed by atoms with E-state index in [0.717, 1.165) is 18.7 Å². The Hall–Kier alpha value is -0.970. The molecule has 4 nitrogen and oxygen atoms in total. The molecular formula is C12H21ClN2O2. The Balaban J connectivity index is 0.00000256. The van der Waals surface area contributed by atoms with Crippen LogP contribution in [0.4, 0.5) is 0 Å². The maximum absolute atomic E-state index is 9.46. The van der Waals surface area contributed by atoms with E-state index in [0.29, 0.717) is 5.75 Å². The molecule has 5 heteroatoms. The van der Waals surface area contributed by atoms with E-state index in [1.165, 1.54) is 0 Å². The molecule has 0 heterocycles. The van der Waals surface area contributed by atoms with Gasteiger partial charge in [-0.25, -0.2) is 0 Å². The second-order valence-electron chi connectivity index (χ2n) is 4.18. The first-order valence-corrected chi connectivity index (χ1v) is 5.33. The van der Waals surface area contributed by atoms with Crippen LogP contribution < -0.4 is 10.5 Å². The third kappa shape index (κ3) is 5.26. The van der Waals surface area contributed by atoms with Crippen molar-refractivity contribution in [1.29, 1.82) is 0 Å². The van der Waals surface area contributed by atoms with Crippen LogP contribution in [-0.2, 0) is 6.54 Å². The molecule has 0 saturated carbocycles. The van der Waals surface area contributed by atoms with E-state index >= 15 is 0 Å². The summed E-state index contributed by atoms with van der Waals surface area (Å²) in [4.78, 5) is 2.14. The van der Waals surface area contributed by atoms with Crippen molar-refractivity contribution in [2.24, 2.45) is 5.73 Å². The van der Waals surface area contributed by atoms with Gasteiger partial charge in [-0.05, 0) is 31.7 Å². The fourth-order valence-electron chi connectivity index (χ4n) is 1.69. The summed E-state index contributed by atoms with van der Waals surface area (Å²) in [6.45, 7) is 3.61. The van der Waals surface area contributed by atoms with E-state index in [4.69, 9.17) is 10.5 Å². The van der Waals surface area contributed by atoms with Gasteiger partial charge in [0.25, 0.3) is 0 Å². The second-order valence-corrected chi connectivity index (χ2v) is 4.18. The molecule has 0 aromatic heterocycles. The molecule has 3 N–H and O–H groups in total. The van der Waals surface area contributed by atoms with Crippen LogP contribution in [0.25, 0.3) is 0 Å². The Kier molecular flexibility index (Phi) is 6.95. The fourth-order valence-corrected chi connectivity index (χ4v) is 1.69. The Labute approximate surface area is 109 Å². The SMILES string of the molecule is COc1cc(CN(C)CC(C)N)ccc1O.Cl. The number of aromatic hydroxyl groups is 1. The summed E-state index contributed by atoms with van der Waals surface area (Å²) in [6, 6.07) is 5.53. The summed E-state index contributed by atoms with van der Waals surface area (Å²) in [5.74, 6) is 0.674. The van der Waals surface area contributed by atoms with Gasteiger partial charge in [0, 0.05) is 19.1 Å². The van der Waals surface area contributed by atoms with Crippen molar-refractivity contribution in [3.05, 3.63) is 23.8 Å². The van der Waals surface area contributed by atoms with Gasteiger partial charge in [0.15, 0.2) is 11.5 Å². The van der Waals surface area contributed by atoms with Gasteiger partial charge >= 0.3 is 0 Å². The quantitative estimate of drug-likeness (QED) is 0.844. The number of nitrogens with two attached hydrogens (primary N) is 1. The van der Waals surface area contributed by atoms with Gasteiger partial charge < -0.3 is 20.5 Å². The number of rotatable bonds is 5. The third-order valence-corrected chi connectivity index (χ3v) is 2.30. The van der Waals surface area contributed by atoms with Gasteiger partial charge in [-0.15, -0.1) is 12.4 Å². The first kappa shape index (κ1) is 16.0. The Morgan fingerprint density at radius 3 is 2.65 bits per heavy atom. The minimum Gasteiger partial charge on any atom is -0.504 e. The fraction of sp³-hybridized carbons (Fsp3) is 0.500. The zero-order chi connectivity index (χ0) is 12.1. The van der Waals surface area contributed by atoms with Crippen molar-refractivity contribution < 1.29 is 9.84 Å². The Morgan fingerprint density at radius 2 is 2.12 bits per heavy atom. The van der Waals surface area contributed by atoms with Gasteiger partial charge in [-0.3, -0.25) is 0 Å². The first-order chi connectivity index (χ1) is 7.52. The van der Waals surface area contributed by atoms with E-state index in [-0.39, 0.29) is 24.2 Å². The summed E-state index contributed by atoms with van der Waals surface area (Å²) in [6.07, 6.45) is 0. The molecule has 0 radical (unpaired) electrons. The summed E-state index contributed by atoms with van der Waals surface area (Å²) < 4.78 is 5.06. The van der Waals surface area contributed by atoms with Crippen LogP contribution in [-0.4, -0.2) is 36.8 Å². The number of ether oxygens (including phenoxy) is 1. The lowest BCUT2D eigenvalue weighted by Gasteiger charge is -2.19. The van der Waals surface area contributed by atoms with Gasteiger partial charge in [0.05, 0.1) is 7.11 Å². The minimum absolute atomic E-state index is 0. The number of hydrogen-bond donors (Lipinski definition) is 2. The van der Waals surface area contributed by atoms with Crippen LogP contribution in [0.5, 0.6) is 11.5 Å². The molecule has 0 aliphatic heterocycles. The lowest BCUT2D eigenvalue weighted by molar-refractivity contribution is 0.308. The lowest BCUT2D eigenvalue weighted by atomic mass is 10.2. The van der Waals surface area contributed by atoms with Crippen LogP contribution in [0.2, 0.25) is 0 Å². The highest BCUT2D eigenvalue weighted by Gasteiger charge is 2.06. The molecule has 0 spiro atoms. The molecule has 0 aliphatic rings. The van der Waals surface area contributed by atoms with Crippen LogP contribution in [0.15, 0.2) is 18.2 Å². The third-order valence-electron chi connectivity index (χ3n) is 2.30. The van der Waals surface area contributed by atoms with Gasteiger partial charge in [0.2, 0.25) is 0 Å². The van der Waals surface area contributed by atoms with Crippen molar-refractivity contribution in [2.75, 3.05) is 20.7 Å². The second kappa shape index (κ2) is 7.37. The van der Waals surface area contributed by atoms with Crippen LogP contribution >= 0.6 is 12.4 Å². The van der Waals surface area contributed by atoms with Crippen molar-refractivity contribution in [3.63, 3.8) is 0 Å². The molecule has 1 unspecified atom stereocenters. The predicted molar refractivity (Wildman–Crippen MR) is 71.9 cm³/mol. The minimum atomic E-state index is 0. The number of benzene rings is 1. The van der Waals surface area contributed by atoms with Crippen molar-refractivity contribution >= 4 is 12.4 Å². The maximum Gasteiger partial charge on any atom is 0.160 e. The van der Waals surface area contributed by atoms with Crippen molar-refractivity contribution in [3.8, 4) is 11.5 Å². The topological polar surface area (TPSA) is 58.7 Å². The highest BCUT2D eigenvalue weighted by atomic mass is 35.5. The number of hydrogen-bond acceptors (Lipinski definition) is 4. The molecule has 0 amide bonds. The van der Waals surface area contributed by atoms with E-state index in [1.807, 2.05) is 26.1 Å². The average molecular weight is 261 g/mol. The standard InChI is InChI=1S/C12H20N2O2.ClH/c1-9(13)7-14(2)8-10-4-5-11(15)12(6-10)16-3;/h4-6,9,15H,7-8,13H2,1-3H3;1H. The number of phenols is 1. The van der Waals surface area contributed by atoms with E-state index < -0.39 is 0 Å². The molecule has 0 saturated heterocycles. The number of likely N-dealkylation sites (N-methyl/N-ethyl adjacent to an activating group) is 1. The largest absolute Gasteiger partial charge is 0.504 e. The van der Waals surface area contributed by atoms with Crippen LogP contribution in [0.1, 0.15) is 12.5 Å². The van der Waals surface area contributed by atoms with E-state index in [1.54, 1.807) is 13.2 Å². The normalized spacial score (nSPS) is 12.1. The molecule has 1 aromatic rings. The predicted octanol–water partition coefficient (Wildman–Crippen LogP) is 1.60. The van der Waals surface area contributed by atoms with Gasteiger partial charge in [-0.1, -0.05) is 6.07 Å². The molecule has 0 aliphatic carbocycles. The highest BCUT2D eigenvalue weighted by Crippen LogP contribution is 2.26. The first-order valence-electron chi connectivity index (χ1n) is 5.33. The van der Waals surface area contributed by atoms with Crippen LogP contribution in [0.3, 0.4) is 0 Å². The molecule has 98 valence electrons. The summed E-state index contributed by atoms with van der Waals surface area (Å²) in [5, 5.41) is 9.46. The summed E-state index contributed by atoms with van der Waals surface area (Å²) in [7, 11) is 3.56. The Bertz CT molecular complexity index is 345. The zero-order valence-electron chi connectivity index (χ0n) is 10.5. The van der Waals surface area contributed by atoms with Gasteiger partial charge in [-0.2, -0.15) is 0 Å². The summed E-state index contributed by atoms with van der Waals surface area (Å²) >= 11 is 0. The van der Waals surface area contributed by atoms with E-state index in [2.05, 4.69) is 4.90 Å². The average Bonchev–Trinajstić information content (AvgIpc) is 2.19. The molecule has 1 atom stereocenters. The van der Waals surface area contributed by atoms with E-state index in [9.17, 15) is 5.11 Å². The number of nitrogens with zero attached hydrogens (tertiary/aromatic N) is 1. The van der Waals surface area contributed by atoms with Crippen molar-refractivity contribution in [2.45, 2.75) is 19.5 Å².